The van der Waals surface area contributed by atoms with E-state index >= 15 is 0 Å². The van der Waals surface area contributed by atoms with Crippen molar-refractivity contribution in [3.05, 3.63) is 85.9 Å². The summed E-state index contributed by atoms with van der Waals surface area (Å²) in [5.74, 6) is 0. The molecule has 30 heavy (non-hydrogen) atoms. The molecule has 0 spiro atoms. The van der Waals surface area contributed by atoms with E-state index in [4.69, 9.17) is 5.53 Å². The highest BCUT2D eigenvalue weighted by atomic mass is 16.6. The maximum atomic E-state index is 12.0. The summed E-state index contributed by atoms with van der Waals surface area (Å²) in [6.07, 6.45) is 1.13. The lowest BCUT2D eigenvalue weighted by atomic mass is 10.0. The average Bonchev–Trinajstić information content (AvgIpc) is 3.15. The molecule has 0 radical (unpaired) electrons. The second kappa shape index (κ2) is 8.97. The van der Waals surface area contributed by atoms with Gasteiger partial charge in [-0.25, -0.2) is 4.79 Å². The highest BCUT2D eigenvalue weighted by Crippen LogP contribution is 2.31. The molecule has 3 rings (SSSR count). The number of H-pyrrole nitrogens is 1. The number of carbonyl (C=O) groups is 1. The highest BCUT2D eigenvalue weighted by Gasteiger charge is 2.27. The number of fused-ring (bicyclic) bond motifs is 1. The molecule has 154 valence electrons. The summed E-state index contributed by atoms with van der Waals surface area (Å²) in [6.45, 7) is 1.80. The number of nitrogens with one attached hydrogen (secondary N) is 1. The summed E-state index contributed by atoms with van der Waals surface area (Å²) in [7, 11) is 0. The van der Waals surface area contributed by atoms with Gasteiger partial charge in [0.05, 0.1) is 23.1 Å². The van der Waals surface area contributed by atoms with Crippen LogP contribution in [0.4, 0.5) is 10.5 Å². The average molecular weight is 408 g/mol. The number of aromatic nitrogens is 1. The van der Waals surface area contributed by atoms with Gasteiger partial charge in [-0.05, 0) is 42.1 Å². The molecule has 10 heteroatoms. The van der Waals surface area contributed by atoms with E-state index < -0.39 is 17.1 Å². The Morgan fingerprint density at radius 3 is 2.83 bits per heavy atom. The number of nitro benzene ring substituents is 1. The highest BCUT2D eigenvalue weighted by molar-refractivity contribution is 5.83. The topological polar surface area (TPSA) is 148 Å². The van der Waals surface area contributed by atoms with Gasteiger partial charge in [-0.15, -0.1) is 0 Å². The molecule has 0 aliphatic carbocycles. The predicted octanol–water partition coefficient (Wildman–Crippen LogP) is 5.17. The molecular formula is C20H20N6O4. The minimum atomic E-state index is -1.17. The van der Waals surface area contributed by atoms with Crippen LogP contribution in [0, 0.1) is 10.1 Å². The third-order valence-corrected chi connectivity index (χ3v) is 5.07. The van der Waals surface area contributed by atoms with E-state index in [-0.39, 0.29) is 24.3 Å². The van der Waals surface area contributed by atoms with Crippen molar-refractivity contribution >= 4 is 22.7 Å². The van der Waals surface area contributed by atoms with E-state index in [0.717, 1.165) is 16.5 Å². The Morgan fingerprint density at radius 1 is 1.37 bits per heavy atom. The van der Waals surface area contributed by atoms with Crippen molar-refractivity contribution in [2.45, 2.75) is 25.9 Å². The van der Waals surface area contributed by atoms with Crippen molar-refractivity contribution in [3.8, 4) is 0 Å². The van der Waals surface area contributed by atoms with Crippen LogP contribution < -0.4 is 0 Å². The molecule has 0 saturated carbocycles. The number of amides is 1. The van der Waals surface area contributed by atoms with Crippen LogP contribution in [-0.4, -0.2) is 32.6 Å². The van der Waals surface area contributed by atoms with Gasteiger partial charge in [0.15, 0.2) is 0 Å². The Kier molecular flexibility index (Phi) is 6.19. The van der Waals surface area contributed by atoms with Crippen LogP contribution >= 0.6 is 0 Å². The van der Waals surface area contributed by atoms with Crippen LogP contribution in [0.5, 0.6) is 0 Å². The fourth-order valence-electron chi connectivity index (χ4n) is 3.52. The monoisotopic (exact) mass is 408 g/mol. The fraction of sp³-hybridized carbons (Fsp3) is 0.250. The van der Waals surface area contributed by atoms with Crippen molar-refractivity contribution in [2.24, 2.45) is 5.11 Å². The Bertz CT molecular complexity index is 1140. The minimum absolute atomic E-state index is 0.0244. The van der Waals surface area contributed by atoms with Crippen LogP contribution in [0.15, 0.2) is 53.8 Å². The molecule has 0 saturated heterocycles. The van der Waals surface area contributed by atoms with Gasteiger partial charge in [-0.2, -0.15) is 0 Å². The molecule has 1 heterocycles. The summed E-state index contributed by atoms with van der Waals surface area (Å²) >= 11 is 0. The van der Waals surface area contributed by atoms with Gasteiger partial charge in [0.25, 0.3) is 5.69 Å². The first-order chi connectivity index (χ1) is 14.4. The van der Waals surface area contributed by atoms with Gasteiger partial charge in [-0.3, -0.25) is 10.1 Å². The number of hydrogen-bond donors (Lipinski definition) is 2. The zero-order chi connectivity index (χ0) is 21.7. The van der Waals surface area contributed by atoms with E-state index in [9.17, 15) is 20.0 Å². The maximum absolute atomic E-state index is 12.0. The second-order valence-corrected chi connectivity index (χ2v) is 6.80. The summed E-state index contributed by atoms with van der Waals surface area (Å²) in [5, 5.41) is 25.7. The van der Waals surface area contributed by atoms with Crippen LogP contribution in [-0.2, 0) is 13.0 Å². The third-order valence-electron chi connectivity index (χ3n) is 5.07. The van der Waals surface area contributed by atoms with Gasteiger partial charge in [0.2, 0.25) is 0 Å². The van der Waals surface area contributed by atoms with Gasteiger partial charge in [0, 0.05) is 34.6 Å². The Balaban J connectivity index is 1.89. The fourth-order valence-corrected chi connectivity index (χ4v) is 3.52. The first-order valence-corrected chi connectivity index (χ1v) is 9.25. The number of nitro groups is 1. The van der Waals surface area contributed by atoms with Crippen molar-refractivity contribution in [3.63, 3.8) is 0 Å². The molecule has 1 amide bonds. The van der Waals surface area contributed by atoms with E-state index in [0.29, 0.717) is 12.0 Å². The zero-order valence-corrected chi connectivity index (χ0v) is 16.2. The van der Waals surface area contributed by atoms with Gasteiger partial charge >= 0.3 is 6.09 Å². The zero-order valence-electron chi connectivity index (χ0n) is 16.2. The van der Waals surface area contributed by atoms with E-state index in [1.54, 1.807) is 6.92 Å². The van der Waals surface area contributed by atoms with Crippen LogP contribution in [0.2, 0.25) is 0 Å². The number of azide groups is 1. The molecule has 10 nitrogen and oxygen atoms in total. The molecule has 2 aromatic carbocycles. The van der Waals surface area contributed by atoms with Gasteiger partial charge in [-0.1, -0.05) is 29.4 Å². The van der Waals surface area contributed by atoms with Crippen LogP contribution in [0.3, 0.4) is 0 Å². The normalized spacial score (nSPS) is 11.6. The predicted molar refractivity (Wildman–Crippen MR) is 111 cm³/mol. The molecule has 0 aliphatic rings. The number of aromatic amines is 1. The lowest BCUT2D eigenvalue weighted by Crippen LogP contribution is -2.34. The number of rotatable bonds is 8. The number of nitrogens with zero attached hydrogens (tertiary/aromatic N) is 5. The van der Waals surface area contributed by atoms with Crippen molar-refractivity contribution in [2.75, 3.05) is 6.54 Å². The van der Waals surface area contributed by atoms with E-state index in [1.165, 1.54) is 23.1 Å². The quantitative estimate of drug-likeness (QED) is 0.174. The van der Waals surface area contributed by atoms with Crippen LogP contribution in [0.1, 0.15) is 29.7 Å². The Hall–Kier alpha value is -4.04. The first kappa shape index (κ1) is 20.7. The standard InChI is InChI=1S/C20H20N6O4/c1-13(17-10-14(11-23-24-21)6-7-19(17)26(29)30)25(20(27)28)9-8-15-12-22-18-5-3-2-4-16(15)18/h2-7,10,12-13,22H,8-9,11H2,1H3,(H,27,28). The van der Waals surface area contributed by atoms with E-state index in [1.807, 2.05) is 30.5 Å². The van der Waals surface area contributed by atoms with Crippen molar-refractivity contribution < 1.29 is 14.8 Å². The Morgan fingerprint density at radius 2 is 2.13 bits per heavy atom. The molecular weight excluding hydrogens is 388 g/mol. The maximum Gasteiger partial charge on any atom is 0.407 e. The minimum Gasteiger partial charge on any atom is -0.465 e. The third kappa shape index (κ3) is 4.34. The number of para-hydroxylation sites is 1. The molecule has 1 aromatic heterocycles. The molecule has 2 N–H and O–H groups in total. The second-order valence-electron chi connectivity index (χ2n) is 6.80. The number of benzene rings is 2. The largest absolute Gasteiger partial charge is 0.465 e. The van der Waals surface area contributed by atoms with Crippen molar-refractivity contribution in [1.29, 1.82) is 0 Å². The summed E-state index contributed by atoms with van der Waals surface area (Å²) in [5.41, 5.74) is 11.1. The Labute approximate surface area is 171 Å². The lowest BCUT2D eigenvalue weighted by molar-refractivity contribution is -0.385. The lowest BCUT2D eigenvalue weighted by Gasteiger charge is -2.27. The van der Waals surface area contributed by atoms with Gasteiger partial charge < -0.3 is 15.0 Å². The molecule has 0 aliphatic heterocycles. The first-order valence-electron chi connectivity index (χ1n) is 9.25. The van der Waals surface area contributed by atoms with Crippen molar-refractivity contribution in [1.82, 2.24) is 9.88 Å². The summed E-state index contributed by atoms with van der Waals surface area (Å²) < 4.78 is 0. The molecule has 0 fully saturated rings. The molecule has 3 aromatic rings. The number of carboxylic acid groups (broad SMARTS) is 1. The smallest absolute Gasteiger partial charge is 0.407 e. The van der Waals surface area contributed by atoms with Gasteiger partial charge in [0.1, 0.15) is 0 Å². The SMILES string of the molecule is CC(c1cc(CN=[N+]=[N-])ccc1[N+](=O)[O-])N(CCc1c[nH]c2ccccc12)C(=O)O. The molecule has 1 unspecified atom stereocenters. The van der Waals surface area contributed by atoms with Crippen LogP contribution in [0.25, 0.3) is 21.3 Å². The van der Waals surface area contributed by atoms with E-state index in [2.05, 4.69) is 15.0 Å². The summed E-state index contributed by atoms with van der Waals surface area (Å²) in [4.78, 5) is 29.9. The summed E-state index contributed by atoms with van der Waals surface area (Å²) in [6, 6.07) is 11.3. The molecule has 1 atom stereocenters. The number of hydrogen-bond acceptors (Lipinski definition) is 4. The molecule has 0 bridgehead atoms.